The van der Waals surface area contributed by atoms with Crippen molar-refractivity contribution in [2.75, 3.05) is 70.0 Å². The minimum Gasteiger partial charge on any atom is -0.496 e. The van der Waals surface area contributed by atoms with Gasteiger partial charge in [-0.1, -0.05) is 34.8 Å². The Balaban J connectivity index is 0.000000244. The molecule has 0 bridgehead atoms. The number of aryl methyl sites for hydroxylation is 4. The third-order valence-corrected chi connectivity index (χ3v) is 11.8. The molecule has 2 aromatic carbocycles. The van der Waals surface area contributed by atoms with Gasteiger partial charge in [-0.3, -0.25) is 19.0 Å². The number of hydrogen-bond acceptors (Lipinski definition) is 17. The van der Waals surface area contributed by atoms with Gasteiger partial charge >= 0.3 is 11.9 Å². The van der Waals surface area contributed by atoms with Gasteiger partial charge in [0.2, 0.25) is 0 Å². The molecular weight excluding hydrogens is 881 g/mol. The van der Waals surface area contributed by atoms with Crippen LogP contribution in [-0.2, 0) is 23.8 Å². The highest BCUT2D eigenvalue weighted by Gasteiger charge is 2.25. The number of amides is 2. The Labute approximate surface area is 383 Å². The monoisotopic (exact) mass is 932 g/mol. The highest BCUT2D eigenvalue weighted by molar-refractivity contribution is 7.18. The molecule has 0 aliphatic rings. The minimum atomic E-state index is -1.04. The zero-order valence-electron chi connectivity index (χ0n) is 37.8. The topological polar surface area (TPSA) is 244 Å². The van der Waals surface area contributed by atoms with Gasteiger partial charge < -0.3 is 50.1 Å². The van der Waals surface area contributed by atoms with Gasteiger partial charge in [0.1, 0.15) is 21.3 Å². The Kier molecular flexibility index (Phi) is 16.7. The molecule has 4 heterocycles. The minimum absolute atomic E-state index is 0.0133. The van der Waals surface area contributed by atoms with E-state index in [0.29, 0.717) is 54.5 Å². The van der Waals surface area contributed by atoms with Crippen molar-refractivity contribution in [2.24, 2.45) is 0 Å². The summed E-state index contributed by atoms with van der Waals surface area (Å²) < 4.78 is 28.4. The van der Waals surface area contributed by atoms with Gasteiger partial charge in [0, 0.05) is 48.9 Å². The Morgan fingerprint density at radius 3 is 1.43 bits per heavy atom. The summed E-state index contributed by atoms with van der Waals surface area (Å²) >= 11 is 2.36. The highest BCUT2D eigenvalue weighted by Crippen LogP contribution is 2.33. The summed E-state index contributed by atoms with van der Waals surface area (Å²) in [6, 6.07) is 5.85. The number of methoxy groups -OCH3 is 5. The van der Waals surface area contributed by atoms with Crippen molar-refractivity contribution in [1.29, 1.82) is 0 Å². The third kappa shape index (κ3) is 11.8. The van der Waals surface area contributed by atoms with E-state index in [0.717, 1.165) is 44.7 Å². The van der Waals surface area contributed by atoms with E-state index in [4.69, 9.17) is 23.7 Å². The molecule has 6 aromatic rings. The van der Waals surface area contributed by atoms with Crippen molar-refractivity contribution in [1.82, 2.24) is 29.5 Å². The van der Waals surface area contributed by atoms with E-state index in [-0.39, 0.29) is 25.0 Å². The van der Waals surface area contributed by atoms with Crippen LogP contribution in [0.4, 0.5) is 33.3 Å². The molecule has 2 unspecified atom stereocenters. The zero-order chi connectivity index (χ0) is 47.5. The molecule has 0 aliphatic heterocycles. The summed E-state index contributed by atoms with van der Waals surface area (Å²) in [7, 11) is 7.43. The second kappa shape index (κ2) is 22.2. The van der Waals surface area contributed by atoms with E-state index in [2.05, 4.69) is 41.4 Å². The van der Waals surface area contributed by atoms with Crippen LogP contribution >= 0.6 is 22.7 Å². The van der Waals surface area contributed by atoms with E-state index >= 15 is 0 Å². The fourth-order valence-electron chi connectivity index (χ4n) is 6.41. The molecule has 0 saturated heterocycles. The zero-order valence-corrected chi connectivity index (χ0v) is 39.4. The number of benzene rings is 2. The van der Waals surface area contributed by atoms with Crippen LogP contribution in [0.25, 0.3) is 0 Å². The molecule has 0 fully saturated rings. The molecular formula is C43H52N10O10S2. The lowest BCUT2D eigenvalue weighted by atomic mass is 10.1. The van der Waals surface area contributed by atoms with Crippen LogP contribution < -0.4 is 30.7 Å². The summed E-state index contributed by atoms with van der Waals surface area (Å²) in [5.74, 6) is 0.300. The Hall–Kier alpha value is -6.88. The summed E-state index contributed by atoms with van der Waals surface area (Å²) in [5.41, 5.74) is 6.49. The van der Waals surface area contributed by atoms with E-state index in [1.165, 1.54) is 54.4 Å². The van der Waals surface area contributed by atoms with Crippen molar-refractivity contribution < 1.29 is 48.0 Å². The maximum Gasteiger partial charge on any atom is 0.333 e. The normalized spacial score (nSPS) is 11.7. The lowest BCUT2D eigenvalue weighted by molar-refractivity contribution is -0.146. The van der Waals surface area contributed by atoms with Crippen molar-refractivity contribution in [3.63, 3.8) is 0 Å². The number of anilines is 6. The molecule has 20 nitrogen and oxygen atoms in total. The number of aliphatic carboxylic acids is 1. The summed E-state index contributed by atoms with van der Waals surface area (Å²) in [6.45, 7) is 11.4. The van der Waals surface area contributed by atoms with Gasteiger partial charge in [-0.25, -0.2) is 19.6 Å². The number of aromatic nitrogens is 6. The molecule has 0 radical (unpaired) electrons. The first-order chi connectivity index (χ1) is 31.0. The van der Waals surface area contributed by atoms with Gasteiger partial charge in [0.15, 0.2) is 34.0 Å². The molecule has 2 atom stereocenters. The predicted octanol–water partition coefficient (Wildman–Crippen LogP) is 7.17. The Bertz CT molecular complexity index is 2650. The standard InChI is InChI=1S/C22H27N5O5S.C21H25N5O5S/c1-12-7-8-16(31-5)14(3)18(12)24-20(28)17-9-23-22(33-17)25-19-13(2)10-27(26-19)15(11-30-4)21(29)32-6;1-11-6-7-15(31-5)13(3)17(11)23-19(27)16-8-22-21(32-16)24-18-12(2)9-26(25-18)14(10-30-4)20(28)29/h7-10,15H,11H2,1-6H3,(H,24,28)(H,23,25,26);6-9,14H,10H2,1-5H3,(H,23,27)(H,28,29)(H,22,24,25). The van der Waals surface area contributed by atoms with Gasteiger partial charge in [0.25, 0.3) is 11.8 Å². The second-order valence-corrected chi connectivity index (χ2v) is 16.5. The lowest BCUT2D eigenvalue weighted by Gasteiger charge is -2.14. The van der Waals surface area contributed by atoms with Crippen molar-refractivity contribution in [3.8, 4) is 11.5 Å². The molecule has 22 heteroatoms. The molecule has 5 N–H and O–H groups in total. The number of rotatable bonds is 18. The number of carbonyl (C=O) groups excluding carboxylic acids is 3. The molecule has 0 saturated carbocycles. The summed E-state index contributed by atoms with van der Waals surface area (Å²) in [4.78, 5) is 58.5. The number of ether oxygens (including phenoxy) is 5. The van der Waals surface area contributed by atoms with Crippen LogP contribution in [0, 0.1) is 41.5 Å². The van der Waals surface area contributed by atoms with Gasteiger partial charge in [-0.05, 0) is 64.8 Å². The highest BCUT2D eigenvalue weighted by atomic mass is 32.1. The number of hydrogen-bond donors (Lipinski definition) is 5. The average molecular weight is 933 g/mol. The van der Waals surface area contributed by atoms with Gasteiger partial charge in [-0.15, -0.1) is 0 Å². The Morgan fingerprint density at radius 1 is 0.631 bits per heavy atom. The van der Waals surface area contributed by atoms with E-state index in [9.17, 15) is 24.3 Å². The van der Waals surface area contributed by atoms with Crippen LogP contribution in [-0.4, -0.2) is 107 Å². The van der Waals surface area contributed by atoms with Gasteiger partial charge in [0.05, 0.1) is 58.3 Å². The van der Waals surface area contributed by atoms with Crippen LogP contribution in [0.5, 0.6) is 11.5 Å². The quantitative estimate of drug-likeness (QED) is 0.0536. The lowest BCUT2D eigenvalue weighted by Crippen LogP contribution is -2.25. The second-order valence-electron chi connectivity index (χ2n) is 14.5. The van der Waals surface area contributed by atoms with Crippen molar-refractivity contribution in [3.05, 3.63) is 92.2 Å². The molecule has 0 spiro atoms. The number of carbonyl (C=O) groups is 4. The predicted molar refractivity (Wildman–Crippen MR) is 247 cm³/mol. The maximum absolute atomic E-state index is 12.8. The smallest absolute Gasteiger partial charge is 0.333 e. The van der Waals surface area contributed by atoms with E-state index in [1.807, 2.05) is 58.9 Å². The number of nitrogens with one attached hydrogen (secondary N) is 4. The number of thiazole rings is 2. The van der Waals surface area contributed by atoms with Crippen LogP contribution in [0.3, 0.4) is 0 Å². The fraction of sp³-hybridized carbons (Fsp3) is 0.349. The van der Waals surface area contributed by atoms with Crippen molar-refractivity contribution in [2.45, 2.75) is 53.6 Å². The summed E-state index contributed by atoms with van der Waals surface area (Å²) in [6.07, 6.45) is 6.32. The molecule has 4 aromatic heterocycles. The SMILES string of the molecule is COCC(C(=O)O)n1cc(C)c(Nc2ncc(C(=O)Nc3c(C)ccc(OC)c3C)s2)n1.COCC(C(=O)OC)n1cc(C)c(Nc2ncc(C(=O)Nc3c(C)ccc(OC)c3C)s2)n1. The average Bonchev–Trinajstić information content (AvgIpc) is 4.10. The first kappa shape index (κ1) is 49.1. The maximum atomic E-state index is 12.8. The molecule has 0 aliphatic carbocycles. The molecule has 346 valence electrons. The third-order valence-electron chi connectivity index (χ3n) is 9.95. The van der Waals surface area contributed by atoms with E-state index < -0.39 is 24.0 Å². The first-order valence-electron chi connectivity index (χ1n) is 19.8. The van der Waals surface area contributed by atoms with Crippen LogP contribution in [0.15, 0.2) is 49.1 Å². The summed E-state index contributed by atoms with van der Waals surface area (Å²) in [5, 5.41) is 31.1. The van der Waals surface area contributed by atoms with Gasteiger partial charge in [-0.2, -0.15) is 10.2 Å². The first-order valence-corrected chi connectivity index (χ1v) is 21.4. The number of nitrogens with zero attached hydrogens (tertiary/aromatic N) is 6. The van der Waals surface area contributed by atoms with Crippen molar-refractivity contribution >= 4 is 79.7 Å². The molecule has 2 amide bonds. The number of carboxylic acids is 1. The molecule has 6 rings (SSSR count). The van der Waals surface area contributed by atoms with Crippen LogP contribution in [0.2, 0.25) is 0 Å². The van der Waals surface area contributed by atoms with E-state index in [1.54, 1.807) is 33.5 Å². The van der Waals surface area contributed by atoms with Crippen LogP contribution in [0.1, 0.15) is 64.8 Å². The number of carboxylic acid groups (broad SMARTS) is 1. The molecule has 65 heavy (non-hydrogen) atoms. The largest absolute Gasteiger partial charge is 0.496 e. The Morgan fingerprint density at radius 2 is 1.05 bits per heavy atom. The number of esters is 1. The fourth-order valence-corrected chi connectivity index (χ4v) is 7.83.